The SMILES string of the molecule is CCCOc1ccc(CNCCOC)c(OCC(C)O)c1. The molecule has 0 amide bonds. The van der Waals surface area contributed by atoms with Gasteiger partial charge in [-0.1, -0.05) is 13.0 Å². The first kappa shape index (κ1) is 17.8. The van der Waals surface area contributed by atoms with Crippen LogP contribution < -0.4 is 14.8 Å². The molecule has 0 radical (unpaired) electrons. The maximum atomic E-state index is 9.37. The molecule has 1 atom stereocenters. The number of rotatable bonds is 11. The molecule has 1 aromatic rings. The van der Waals surface area contributed by atoms with Crippen molar-refractivity contribution >= 4 is 0 Å². The summed E-state index contributed by atoms with van der Waals surface area (Å²) in [7, 11) is 1.68. The Morgan fingerprint density at radius 2 is 2.05 bits per heavy atom. The molecule has 0 heterocycles. The van der Waals surface area contributed by atoms with E-state index in [1.807, 2.05) is 18.2 Å². The van der Waals surface area contributed by atoms with Crippen molar-refractivity contribution in [3.8, 4) is 11.5 Å². The number of aliphatic hydroxyl groups excluding tert-OH is 1. The Hall–Kier alpha value is -1.30. The van der Waals surface area contributed by atoms with Gasteiger partial charge in [-0.2, -0.15) is 0 Å². The van der Waals surface area contributed by atoms with E-state index in [0.717, 1.165) is 30.0 Å². The van der Waals surface area contributed by atoms with E-state index < -0.39 is 6.10 Å². The van der Waals surface area contributed by atoms with Crippen molar-refractivity contribution in [3.63, 3.8) is 0 Å². The van der Waals surface area contributed by atoms with Crippen molar-refractivity contribution < 1.29 is 19.3 Å². The van der Waals surface area contributed by atoms with E-state index in [0.29, 0.717) is 19.8 Å². The van der Waals surface area contributed by atoms with Gasteiger partial charge in [-0.25, -0.2) is 0 Å². The molecule has 0 aliphatic rings. The molecule has 0 fully saturated rings. The molecule has 21 heavy (non-hydrogen) atoms. The fourth-order valence-corrected chi connectivity index (χ4v) is 1.73. The molecular formula is C16H27NO4. The average Bonchev–Trinajstić information content (AvgIpc) is 2.48. The van der Waals surface area contributed by atoms with Gasteiger partial charge in [0.15, 0.2) is 0 Å². The van der Waals surface area contributed by atoms with Crippen molar-refractivity contribution in [2.24, 2.45) is 0 Å². The smallest absolute Gasteiger partial charge is 0.127 e. The van der Waals surface area contributed by atoms with Gasteiger partial charge < -0.3 is 24.6 Å². The third-order valence-electron chi connectivity index (χ3n) is 2.79. The molecule has 5 nitrogen and oxygen atoms in total. The summed E-state index contributed by atoms with van der Waals surface area (Å²) in [5, 5.41) is 12.7. The van der Waals surface area contributed by atoms with E-state index in [-0.39, 0.29) is 6.61 Å². The number of ether oxygens (including phenoxy) is 3. The van der Waals surface area contributed by atoms with Gasteiger partial charge in [-0.15, -0.1) is 0 Å². The minimum atomic E-state index is -0.500. The van der Waals surface area contributed by atoms with Gasteiger partial charge in [-0.05, 0) is 19.4 Å². The van der Waals surface area contributed by atoms with Crippen LogP contribution in [0.3, 0.4) is 0 Å². The predicted molar refractivity (Wildman–Crippen MR) is 83.0 cm³/mol. The lowest BCUT2D eigenvalue weighted by molar-refractivity contribution is 0.121. The van der Waals surface area contributed by atoms with Crippen LogP contribution in [0.1, 0.15) is 25.8 Å². The zero-order chi connectivity index (χ0) is 15.5. The number of hydrogen-bond donors (Lipinski definition) is 2. The van der Waals surface area contributed by atoms with Gasteiger partial charge in [0, 0.05) is 31.8 Å². The van der Waals surface area contributed by atoms with Crippen molar-refractivity contribution in [3.05, 3.63) is 23.8 Å². The lowest BCUT2D eigenvalue weighted by atomic mass is 10.2. The summed E-state index contributed by atoms with van der Waals surface area (Å²) in [4.78, 5) is 0. The molecule has 0 saturated heterocycles. The molecular weight excluding hydrogens is 270 g/mol. The highest BCUT2D eigenvalue weighted by Gasteiger charge is 2.08. The van der Waals surface area contributed by atoms with Crippen LogP contribution in [0.5, 0.6) is 11.5 Å². The van der Waals surface area contributed by atoms with E-state index in [4.69, 9.17) is 14.2 Å². The molecule has 0 aliphatic carbocycles. The highest BCUT2D eigenvalue weighted by molar-refractivity contribution is 5.40. The quantitative estimate of drug-likeness (QED) is 0.612. The first-order valence-corrected chi connectivity index (χ1v) is 7.43. The molecule has 1 unspecified atom stereocenters. The maximum absolute atomic E-state index is 9.37. The van der Waals surface area contributed by atoms with Crippen LogP contribution in [0.15, 0.2) is 18.2 Å². The van der Waals surface area contributed by atoms with Gasteiger partial charge in [0.1, 0.15) is 18.1 Å². The summed E-state index contributed by atoms with van der Waals surface area (Å²) in [6.45, 7) is 6.85. The van der Waals surface area contributed by atoms with Crippen molar-refractivity contribution in [1.29, 1.82) is 0 Å². The Labute approximate surface area is 127 Å². The van der Waals surface area contributed by atoms with E-state index >= 15 is 0 Å². The van der Waals surface area contributed by atoms with E-state index in [9.17, 15) is 5.11 Å². The summed E-state index contributed by atoms with van der Waals surface area (Å²) < 4.78 is 16.3. The number of nitrogens with one attached hydrogen (secondary N) is 1. The van der Waals surface area contributed by atoms with Crippen LogP contribution in [0.4, 0.5) is 0 Å². The van der Waals surface area contributed by atoms with Crippen molar-refractivity contribution in [2.75, 3.05) is 33.5 Å². The standard InChI is InChI=1S/C16H27NO4/c1-4-8-20-15-6-5-14(11-17-7-9-19-3)16(10-15)21-12-13(2)18/h5-6,10,13,17-18H,4,7-9,11-12H2,1-3H3. The Morgan fingerprint density at radius 3 is 2.71 bits per heavy atom. The first-order valence-electron chi connectivity index (χ1n) is 7.43. The molecule has 0 aromatic heterocycles. The number of methoxy groups -OCH3 is 1. The second-order valence-electron chi connectivity index (χ2n) is 4.95. The lowest BCUT2D eigenvalue weighted by Gasteiger charge is -2.15. The fraction of sp³-hybridized carbons (Fsp3) is 0.625. The van der Waals surface area contributed by atoms with Crippen LogP contribution in [0.25, 0.3) is 0 Å². The molecule has 1 aromatic carbocycles. The van der Waals surface area contributed by atoms with Crippen LogP contribution in [0.2, 0.25) is 0 Å². The molecule has 2 N–H and O–H groups in total. The number of hydrogen-bond acceptors (Lipinski definition) is 5. The molecule has 5 heteroatoms. The molecule has 0 spiro atoms. The summed E-state index contributed by atoms with van der Waals surface area (Å²) in [6, 6.07) is 5.81. The molecule has 0 aliphatic heterocycles. The van der Waals surface area contributed by atoms with E-state index in [1.54, 1.807) is 14.0 Å². The number of aliphatic hydroxyl groups is 1. The van der Waals surface area contributed by atoms with E-state index in [2.05, 4.69) is 12.2 Å². The van der Waals surface area contributed by atoms with Gasteiger partial charge in [-0.3, -0.25) is 0 Å². The summed E-state index contributed by atoms with van der Waals surface area (Å²) in [5.41, 5.74) is 1.04. The summed E-state index contributed by atoms with van der Waals surface area (Å²) >= 11 is 0. The Kier molecular flexibility index (Phi) is 8.82. The Morgan fingerprint density at radius 1 is 1.24 bits per heavy atom. The van der Waals surface area contributed by atoms with Crippen LogP contribution in [-0.2, 0) is 11.3 Å². The highest BCUT2D eigenvalue weighted by Crippen LogP contribution is 2.25. The summed E-state index contributed by atoms with van der Waals surface area (Å²) in [6.07, 6.45) is 0.462. The van der Waals surface area contributed by atoms with Crippen molar-refractivity contribution in [2.45, 2.75) is 32.9 Å². The van der Waals surface area contributed by atoms with Gasteiger partial charge in [0.25, 0.3) is 0 Å². The van der Waals surface area contributed by atoms with Crippen molar-refractivity contribution in [1.82, 2.24) is 5.32 Å². The maximum Gasteiger partial charge on any atom is 0.127 e. The minimum absolute atomic E-state index is 0.266. The second kappa shape index (κ2) is 10.4. The van der Waals surface area contributed by atoms with E-state index in [1.165, 1.54) is 0 Å². The zero-order valence-corrected chi connectivity index (χ0v) is 13.2. The Bertz CT molecular complexity index is 396. The topological polar surface area (TPSA) is 60.0 Å². The second-order valence-corrected chi connectivity index (χ2v) is 4.95. The van der Waals surface area contributed by atoms with Gasteiger partial charge in [0.2, 0.25) is 0 Å². The zero-order valence-electron chi connectivity index (χ0n) is 13.2. The van der Waals surface area contributed by atoms with Crippen LogP contribution in [-0.4, -0.2) is 44.7 Å². The molecule has 0 bridgehead atoms. The predicted octanol–water partition coefficient (Wildman–Crippen LogP) is 1.97. The molecule has 1 rings (SSSR count). The number of benzene rings is 1. The third kappa shape index (κ3) is 7.32. The minimum Gasteiger partial charge on any atom is -0.493 e. The monoisotopic (exact) mass is 297 g/mol. The fourth-order valence-electron chi connectivity index (χ4n) is 1.73. The van der Waals surface area contributed by atoms with Crippen LogP contribution >= 0.6 is 0 Å². The summed E-state index contributed by atoms with van der Waals surface area (Å²) in [5.74, 6) is 1.53. The largest absolute Gasteiger partial charge is 0.493 e. The molecule has 0 saturated carbocycles. The first-order chi connectivity index (χ1) is 10.2. The Balaban J connectivity index is 2.68. The average molecular weight is 297 g/mol. The van der Waals surface area contributed by atoms with Gasteiger partial charge >= 0.3 is 0 Å². The molecule has 120 valence electrons. The van der Waals surface area contributed by atoms with Crippen LogP contribution in [0, 0.1) is 0 Å². The normalized spacial score (nSPS) is 12.2. The van der Waals surface area contributed by atoms with Gasteiger partial charge in [0.05, 0.1) is 19.3 Å². The lowest BCUT2D eigenvalue weighted by Crippen LogP contribution is -2.20. The highest BCUT2D eigenvalue weighted by atomic mass is 16.5. The third-order valence-corrected chi connectivity index (χ3v) is 2.79.